The molecule has 1 heterocycles. The maximum absolute atomic E-state index is 12.7. The standard InChI is InChI=1S/C16H11F3N2O/c17-16(18,19)14-3-1-2-11(7-14)9-21-15-5-4-12(10-22)6-13(15)8-20-21/h1-8,10H,9H2. The molecule has 3 aromatic rings. The van der Waals surface area contributed by atoms with Crippen LogP contribution >= 0.6 is 0 Å². The number of fused-ring (bicyclic) bond motifs is 1. The van der Waals surface area contributed by atoms with E-state index in [1.165, 1.54) is 6.07 Å². The van der Waals surface area contributed by atoms with Crippen LogP contribution in [0.3, 0.4) is 0 Å². The Bertz CT molecular complexity index is 837. The van der Waals surface area contributed by atoms with E-state index in [4.69, 9.17) is 0 Å². The number of carbonyl (C=O) groups is 1. The molecule has 0 spiro atoms. The summed E-state index contributed by atoms with van der Waals surface area (Å²) in [6, 6.07) is 10.3. The smallest absolute Gasteiger partial charge is 0.298 e. The second-order valence-electron chi connectivity index (χ2n) is 4.94. The van der Waals surface area contributed by atoms with E-state index < -0.39 is 11.7 Å². The minimum atomic E-state index is -4.36. The highest BCUT2D eigenvalue weighted by atomic mass is 19.4. The van der Waals surface area contributed by atoms with Crippen LogP contribution in [0.1, 0.15) is 21.5 Å². The van der Waals surface area contributed by atoms with Crippen molar-refractivity contribution in [1.82, 2.24) is 9.78 Å². The molecule has 0 radical (unpaired) electrons. The van der Waals surface area contributed by atoms with Crippen LogP contribution in [-0.2, 0) is 12.7 Å². The Morgan fingerprint density at radius 3 is 2.68 bits per heavy atom. The van der Waals surface area contributed by atoms with Crippen molar-refractivity contribution in [2.45, 2.75) is 12.7 Å². The van der Waals surface area contributed by atoms with E-state index in [0.717, 1.165) is 29.3 Å². The minimum absolute atomic E-state index is 0.230. The molecule has 2 aromatic carbocycles. The molecule has 0 atom stereocenters. The first-order valence-corrected chi connectivity index (χ1v) is 6.54. The number of benzene rings is 2. The van der Waals surface area contributed by atoms with Gasteiger partial charge in [0, 0.05) is 10.9 Å². The van der Waals surface area contributed by atoms with Crippen molar-refractivity contribution in [3.8, 4) is 0 Å². The summed E-state index contributed by atoms with van der Waals surface area (Å²) in [6.07, 6.45) is -2.03. The van der Waals surface area contributed by atoms with Crippen LogP contribution in [0.4, 0.5) is 13.2 Å². The van der Waals surface area contributed by atoms with Crippen molar-refractivity contribution in [3.05, 3.63) is 65.4 Å². The van der Waals surface area contributed by atoms with E-state index in [2.05, 4.69) is 5.10 Å². The Morgan fingerprint density at radius 1 is 1.14 bits per heavy atom. The van der Waals surface area contributed by atoms with E-state index in [-0.39, 0.29) is 6.54 Å². The van der Waals surface area contributed by atoms with Crippen molar-refractivity contribution >= 4 is 17.2 Å². The van der Waals surface area contributed by atoms with Crippen LogP contribution in [0, 0.1) is 0 Å². The maximum Gasteiger partial charge on any atom is 0.416 e. The normalized spacial score (nSPS) is 11.8. The van der Waals surface area contributed by atoms with E-state index >= 15 is 0 Å². The first-order valence-electron chi connectivity index (χ1n) is 6.54. The van der Waals surface area contributed by atoms with Gasteiger partial charge in [-0.1, -0.05) is 12.1 Å². The molecule has 3 nitrogen and oxygen atoms in total. The number of alkyl halides is 3. The molecule has 0 aliphatic carbocycles. The van der Waals surface area contributed by atoms with Crippen molar-refractivity contribution in [2.24, 2.45) is 0 Å². The van der Waals surface area contributed by atoms with Gasteiger partial charge in [0.15, 0.2) is 0 Å². The molecule has 0 bridgehead atoms. The van der Waals surface area contributed by atoms with Crippen molar-refractivity contribution in [3.63, 3.8) is 0 Å². The van der Waals surface area contributed by atoms with E-state index in [9.17, 15) is 18.0 Å². The summed E-state index contributed by atoms with van der Waals surface area (Å²) in [5.74, 6) is 0. The number of halogens is 3. The number of rotatable bonds is 3. The molecule has 0 fully saturated rings. The Morgan fingerprint density at radius 2 is 1.95 bits per heavy atom. The van der Waals surface area contributed by atoms with Crippen LogP contribution < -0.4 is 0 Å². The SMILES string of the molecule is O=Cc1ccc2c(cnn2Cc2cccc(C(F)(F)F)c2)c1. The van der Waals surface area contributed by atoms with Crippen LogP contribution in [0.2, 0.25) is 0 Å². The zero-order valence-electron chi connectivity index (χ0n) is 11.3. The summed E-state index contributed by atoms with van der Waals surface area (Å²) in [6.45, 7) is 0.230. The Hall–Kier alpha value is -2.63. The second-order valence-corrected chi connectivity index (χ2v) is 4.94. The molecule has 0 N–H and O–H groups in total. The average Bonchev–Trinajstić information content (AvgIpc) is 2.89. The van der Waals surface area contributed by atoms with Gasteiger partial charge in [0.2, 0.25) is 0 Å². The zero-order chi connectivity index (χ0) is 15.7. The monoisotopic (exact) mass is 304 g/mol. The number of carbonyl (C=O) groups excluding carboxylic acids is 1. The van der Waals surface area contributed by atoms with Gasteiger partial charge in [-0.2, -0.15) is 18.3 Å². The van der Waals surface area contributed by atoms with Crippen molar-refractivity contribution in [2.75, 3.05) is 0 Å². The first-order chi connectivity index (χ1) is 10.5. The van der Waals surface area contributed by atoms with Gasteiger partial charge in [0.05, 0.1) is 23.8 Å². The van der Waals surface area contributed by atoms with Gasteiger partial charge in [-0.25, -0.2) is 0 Å². The van der Waals surface area contributed by atoms with E-state index in [1.807, 2.05) is 0 Å². The van der Waals surface area contributed by atoms with Gasteiger partial charge >= 0.3 is 6.18 Å². The van der Waals surface area contributed by atoms with Gasteiger partial charge in [0.25, 0.3) is 0 Å². The van der Waals surface area contributed by atoms with Gasteiger partial charge in [-0.15, -0.1) is 0 Å². The summed E-state index contributed by atoms with van der Waals surface area (Å²) in [5, 5.41) is 4.95. The number of aldehydes is 1. The topological polar surface area (TPSA) is 34.9 Å². The maximum atomic E-state index is 12.7. The quantitative estimate of drug-likeness (QED) is 0.688. The molecule has 112 valence electrons. The summed E-state index contributed by atoms with van der Waals surface area (Å²) in [5.41, 5.74) is 1.14. The molecule has 0 unspecified atom stereocenters. The highest BCUT2D eigenvalue weighted by molar-refractivity contribution is 5.86. The average molecular weight is 304 g/mol. The van der Waals surface area contributed by atoms with Crippen molar-refractivity contribution < 1.29 is 18.0 Å². The number of hydrogen-bond acceptors (Lipinski definition) is 2. The second kappa shape index (κ2) is 5.29. The van der Waals surface area contributed by atoms with Gasteiger partial charge in [-0.3, -0.25) is 9.48 Å². The number of aromatic nitrogens is 2. The van der Waals surface area contributed by atoms with Crippen LogP contribution in [0.25, 0.3) is 10.9 Å². The van der Waals surface area contributed by atoms with E-state index in [0.29, 0.717) is 11.1 Å². The Balaban J connectivity index is 1.95. The lowest BCUT2D eigenvalue weighted by Crippen LogP contribution is -2.07. The molecule has 0 aliphatic rings. The summed E-state index contributed by atoms with van der Waals surface area (Å²) in [4.78, 5) is 10.7. The van der Waals surface area contributed by atoms with Crippen LogP contribution in [-0.4, -0.2) is 16.1 Å². The van der Waals surface area contributed by atoms with Gasteiger partial charge in [0.1, 0.15) is 6.29 Å². The summed E-state index contributed by atoms with van der Waals surface area (Å²) < 4.78 is 39.8. The molecule has 3 rings (SSSR count). The fourth-order valence-electron chi connectivity index (χ4n) is 2.32. The number of nitrogens with zero attached hydrogens (tertiary/aromatic N) is 2. The predicted octanol–water partition coefficient (Wildman–Crippen LogP) is 3.92. The van der Waals surface area contributed by atoms with Crippen molar-refractivity contribution in [1.29, 1.82) is 0 Å². The highest BCUT2D eigenvalue weighted by Crippen LogP contribution is 2.29. The highest BCUT2D eigenvalue weighted by Gasteiger charge is 2.30. The third kappa shape index (κ3) is 2.72. The Labute approximate surface area is 124 Å². The van der Waals surface area contributed by atoms with Gasteiger partial charge < -0.3 is 0 Å². The molecule has 1 aromatic heterocycles. The van der Waals surface area contributed by atoms with Crippen LogP contribution in [0.15, 0.2) is 48.7 Å². The fourth-order valence-corrected chi connectivity index (χ4v) is 2.32. The van der Waals surface area contributed by atoms with Crippen LogP contribution in [0.5, 0.6) is 0 Å². The lowest BCUT2D eigenvalue weighted by Gasteiger charge is -2.09. The summed E-state index contributed by atoms with van der Waals surface area (Å²) in [7, 11) is 0. The molecular weight excluding hydrogens is 293 g/mol. The predicted molar refractivity (Wildman–Crippen MR) is 75.7 cm³/mol. The lowest BCUT2D eigenvalue weighted by atomic mass is 10.1. The Kier molecular flexibility index (Phi) is 3.44. The molecule has 22 heavy (non-hydrogen) atoms. The zero-order valence-corrected chi connectivity index (χ0v) is 11.3. The lowest BCUT2D eigenvalue weighted by molar-refractivity contribution is -0.137. The first kappa shape index (κ1) is 14.3. The molecule has 0 amide bonds. The van der Waals surface area contributed by atoms with Gasteiger partial charge in [-0.05, 0) is 35.9 Å². The minimum Gasteiger partial charge on any atom is -0.298 e. The molecule has 6 heteroatoms. The van der Waals surface area contributed by atoms with E-state index in [1.54, 1.807) is 35.1 Å². The third-order valence-corrected chi connectivity index (χ3v) is 3.39. The largest absolute Gasteiger partial charge is 0.416 e. The summed E-state index contributed by atoms with van der Waals surface area (Å²) >= 11 is 0. The third-order valence-electron chi connectivity index (χ3n) is 3.39. The fraction of sp³-hybridized carbons (Fsp3) is 0.125. The number of hydrogen-bond donors (Lipinski definition) is 0. The molecule has 0 aliphatic heterocycles. The molecular formula is C16H11F3N2O. The molecule has 0 saturated carbocycles. The molecule has 0 saturated heterocycles.